The minimum Gasteiger partial charge on any atom is -0.495 e. The van der Waals surface area contributed by atoms with Gasteiger partial charge in [-0.1, -0.05) is 0 Å². The topological polar surface area (TPSA) is 149 Å². The highest BCUT2D eigenvalue weighted by Gasteiger charge is 2.21. The molecule has 0 aliphatic heterocycles. The molecule has 0 fully saturated rings. The van der Waals surface area contributed by atoms with Crippen LogP contribution in [0.5, 0.6) is 5.75 Å². The first kappa shape index (κ1) is 23.8. The Morgan fingerprint density at radius 2 is 1.97 bits per heavy atom. The maximum atomic E-state index is 11.8. The van der Waals surface area contributed by atoms with Crippen LogP contribution < -0.4 is 20.5 Å². The Bertz CT molecular complexity index is 974. The third-order valence-electron chi connectivity index (χ3n) is 3.76. The molecule has 0 aliphatic rings. The fourth-order valence-electron chi connectivity index (χ4n) is 2.38. The van der Waals surface area contributed by atoms with Crippen LogP contribution in [0.1, 0.15) is 6.92 Å². The van der Waals surface area contributed by atoms with Gasteiger partial charge in [-0.15, -0.1) is 0 Å². The molecule has 10 nitrogen and oxygen atoms in total. The molecule has 0 radical (unpaired) electrons. The van der Waals surface area contributed by atoms with Gasteiger partial charge in [0.1, 0.15) is 16.5 Å². The number of hydrogen-bond donors (Lipinski definition) is 4. The van der Waals surface area contributed by atoms with Crippen molar-refractivity contribution in [2.45, 2.75) is 24.0 Å². The molecule has 13 heteroatoms. The zero-order valence-electron chi connectivity index (χ0n) is 15.8. The van der Waals surface area contributed by atoms with E-state index in [1.165, 1.54) is 32.5 Å². The van der Waals surface area contributed by atoms with Gasteiger partial charge in [0.05, 0.1) is 30.3 Å². The summed E-state index contributed by atoms with van der Waals surface area (Å²) in [4.78, 5) is 8.41. The normalized spacial score (nSPS) is 13.6. The van der Waals surface area contributed by atoms with E-state index in [4.69, 9.17) is 14.6 Å². The molecular formula is C16H21Br2N5O5S. The summed E-state index contributed by atoms with van der Waals surface area (Å²) in [5.74, 6) is 0.738. The number of benzene rings is 1. The monoisotopic (exact) mass is 553 g/mol. The summed E-state index contributed by atoms with van der Waals surface area (Å²) in [5.41, 5.74) is 0.471. The molecule has 29 heavy (non-hydrogen) atoms. The number of nitrogens with two attached hydrogens (primary N) is 1. The number of primary sulfonamides is 1. The number of rotatable bonds is 9. The number of nitrogens with zero attached hydrogens (tertiary/aromatic N) is 2. The lowest BCUT2D eigenvalue weighted by molar-refractivity contribution is 0.106. The van der Waals surface area contributed by atoms with Crippen LogP contribution in [-0.2, 0) is 14.8 Å². The first-order valence-electron chi connectivity index (χ1n) is 8.20. The number of aromatic nitrogens is 2. The Morgan fingerprint density at radius 3 is 2.52 bits per heavy atom. The SMILES string of the molecule is COC[C@@H](Nc1nc(Nc2cc(Br)c(S(N)(=O)=O)c(OC)c2)ncc1Br)[C@@H](C)O. The number of ether oxygens (including phenoxy) is 2. The molecule has 5 N–H and O–H groups in total. The van der Waals surface area contributed by atoms with E-state index in [0.29, 0.717) is 16.0 Å². The predicted octanol–water partition coefficient (Wildman–Crippen LogP) is 2.21. The Kier molecular flexibility index (Phi) is 8.19. The lowest BCUT2D eigenvalue weighted by Crippen LogP contribution is -2.36. The molecular weight excluding hydrogens is 534 g/mol. The number of sulfonamides is 1. The lowest BCUT2D eigenvalue weighted by atomic mass is 10.2. The Balaban J connectivity index is 2.34. The molecule has 0 saturated heterocycles. The smallest absolute Gasteiger partial charge is 0.242 e. The number of hydrogen-bond acceptors (Lipinski definition) is 9. The van der Waals surface area contributed by atoms with Crippen LogP contribution in [0.3, 0.4) is 0 Å². The van der Waals surface area contributed by atoms with Crippen molar-refractivity contribution in [3.8, 4) is 5.75 Å². The second-order valence-corrected chi connectivity index (χ2v) is 9.20. The summed E-state index contributed by atoms with van der Waals surface area (Å²) in [6.45, 7) is 1.91. The third-order valence-corrected chi connectivity index (χ3v) is 6.22. The van der Waals surface area contributed by atoms with Crippen LogP contribution in [-0.4, -0.2) is 56.5 Å². The van der Waals surface area contributed by atoms with Crippen molar-refractivity contribution in [2.24, 2.45) is 5.14 Å². The fourth-order valence-corrected chi connectivity index (χ4v) is 4.56. The number of halogens is 2. The molecule has 2 aromatic rings. The van der Waals surface area contributed by atoms with E-state index in [1.54, 1.807) is 6.92 Å². The van der Waals surface area contributed by atoms with Gasteiger partial charge in [0.25, 0.3) is 0 Å². The highest BCUT2D eigenvalue weighted by molar-refractivity contribution is 9.10. The van der Waals surface area contributed by atoms with Gasteiger partial charge in [-0.05, 0) is 44.8 Å². The molecule has 2 rings (SSSR count). The summed E-state index contributed by atoms with van der Waals surface area (Å²) < 4.78 is 34.6. The summed E-state index contributed by atoms with van der Waals surface area (Å²) in [6.07, 6.45) is 0.855. The van der Waals surface area contributed by atoms with E-state index in [0.717, 1.165) is 0 Å². The van der Waals surface area contributed by atoms with Crippen LogP contribution in [0.4, 0.5) is 17.5 Å². The Hall–Kier alpha value is -1.51. The van der Waals surface area contributed by atoms with Crippen molar-refractivity contribution in [3.63, 3.8) is 0 Å². The largest absolute Gasteiger partial charge is 0.495 e. The Morgan fingerprint density at radius 1 is 1.28 bits per heavy atom. The van der Waals surface area contributed by atoms with Gasteiger partial charge in [-0.2, -0.15) is 4.98 Å². The van der Waals surface area contributed by atoms with Crippen LogP contribution in [0, 0.1) is 0 Å². The standard InChI is InChI=1S/C16H21Br2N5O5S/c1-8(24)12(7-27-2)22-15-11(18)6-20-16(23-15)21-9-4-10(17)14(29(19,25)26)13(5-9)28-3/h4-6,8,12,24H,7H2,1-3H3,(H2,19,25,26)(H2,20,21,22,23)/t8-,12-/m1/s1. The molecule has 0 spiro atoms. The average Bonchev–Trinajstić information content (AvgIpc) is 2.62. The molecule has 0 unspecified atom stereocenters. The molecule has 0 saturated carbocycles. The predicted molar refractivity (Wildman–Crippen MR) is 116 cm³/mol. The van der Waals surface area contributed by atoms with E-state index < -0.39 is 16.1 Å². The second kappa shape index (κ2) is 10.00. The van der Waals surface area contributed by atoms with E-state index in [1.807, 2.05) is 0 Å². The third kappa shape index (κ3) is 6.23. The summed E-state index contributed by atoms with van der Waals surface area (Å²) >= 11 is 6.56. The van der Waals surface area contributed by atoms with Gasteiger partial charge in [0, 0.05) is 29.5 Å². The second-order valence-electron chi connectivity index (χ2n) is 6.00. The van der Waals surface area contributed by atoms with Gasteiger partial charge in [0.2, 0.25) is 16.0 Å². The lowest BCUT2D eigenvalue weighted by Gasteiger charge is -2.22. The maximum Gasteiger partial charge on any atom is 0.242 e. The van der Waals surface area contributed by atoms with Crippen molar-refractivity contribution < 1.29 is 23.0 Å². The molecule has 160 valence electrons. The van der Waals surface area contributed by atoms with E-state index in [-0.39, 0.29) is 33.7 Å². The molecule has 0 aliphatic carbocycles. The van der Waals surface area contributed by atoms with Crippen LogP contribution >= 0.6 is 31.9 Å². The van der Waals surface area contributed by atoms with Crippen molar-refractivity contribution in [1.82, 2.24) is 9.97 Å². The average molecular weight is 555 g/mol. The van der Waals surface area contributed by atoms with Crippen LogP contribution in [0.15, 0.2) is 32.2 Å². The van der Waals surface area contributed by atoms with E-state index in [2.05, 4.69) is 52.5 Å². The van der Waals surface area contributed by atoms with Gasteiger partial charge >= 0.3 is 0 Å². The van der Waals surface area contributed by atoms with Crippen molar-refractivity contribution >= 4 is 59.3 Å². The molecule has 1 aromatic carbocycles. The first-order valence-corrected chi connectivity index (χ1v) is 11.3. The van der Waals surface area contributed by atoms with Gasteiger partial charge in [-0.25, -0.2) is 18.5 Å². The highest BCUT2D eigenvalue weighted by atomic mass is 79.9. The molecule has 0 amide bonds. The zero-order chi connectivity index (χ0) is 21.8. The Labute approximate surface area is 185 Å². The summed E-state index contributed by atoms with van der Waals surface area (Å²) in [5, 5.41) is 21.2. The van der Waals surface area contributed by atoms with Crippen molar-refractivity contribution in [3.05, 3.63) is 27.3 Å². The van der Waals surface area contributed by atoms with Crippen molar-refractivity contribution in [2.75, 3.05) is 31.5 Å². The summed E-state index contributed by atoms with van der Waals surface area (Å²) in [6, 6.07) is 2.60. The minimum atomic E-state index is -3.99. The quantitative estimate of drug-likeness (QED) is 0.366. The minimum absolute atomic E-state index is 0.0640. The number of nitrogens with one attached hydrogen (secondary N) is 2. The highest BCUT2D eigenvalue weighted by Crippen LogP contribution is 2.35. The van der Waals surface area contributed by atoms with Gasteiger partial charge in [0.15, 0.2) is 0 Å². The molecule has 1 aromatic heterocycles. The fraction of sp³-hybridized carbons (Fsp3) is 0.375. The zero-order valence-corrected chi connectivity index (χ0v) is 19.8. The summed E-state index contributed by atoms with van der Waals surface area (Å²) in [7, 11) is -1.11. The molecule has 1 heterocycles. The number of methoxy groups -OCH3 is 2. The first-order chi connectivity index (χ1) is 13.6. The van der Waals surface area contributed by atoms with Crippen LogP contribution in [0.25, 0.3) is 0 Å². The van der Waals surface area contributed by atoms with Crippen molar-refractivity contribution in [1.29, 1.82) is 0 Å². The van der Waals surface area contributed by atoms with E-state index in [9.17, 15) is 13.5 Å². The van der Waals surface area contributed by atoms with Gasteiger partial charge in [-0.3, -0.25) is 0 Å². The number of aliphatic hydroxyl groups is 1. The van der Waals surface area contributed by atoms with Gasteiger partial charge < -0.3 is 25.2 Å². The van der Waals surface area contributed by atoms with E-state index >= 15 is 0 Å². The molecule has 0 bridgehead atoms. The number of anilines is 3. The number of aliphatic hydroxyl groups excluding tert-OH is 1. The van der Waals surface area contributed by atoms with Crippen LogP contribution in [0.2, 0.25) is 0 Å². The molecule has 2 atom stereocenters. The maximum absolute atomic E-state index is 11.8.